The molecule has 0 bridgehead atoms. The van der Waals surface area contributed by atoms with Gasteiger partial charge in [0.1, 0.15) is 0 Å². The normalized spacial score (nSPS) is 8.71. The van der Waals surface area contributed by atoms with Gasteiger partial charge in [-0.05, 0) is 24.3 Å². The molecule has 14 heavy (non-hydrogen) atoms. The van der Waals surface area contributed by atoms with Crippen molar-refractivity contribution in [2.45, 2.75) is 0 Å². The van der Waals surface area contributed by atoms with Crippen LogP contribution in [0.25, 0.3) is 0 Å². The lowest BCUT2D eigenvalue weighted by molar-refractivity contribution is 1.40. The summed E-state index contributed by atoms with van der Waals surface area (Å²) >= 11 is 0. The Morgan fingerprint density at radius 1 is 0.714 bits per heavy atom. The van der Waals surface area contributed by atoms with Crippen LogP contribution in [0.1, 0.15) is 0 Å². The van der Waals surface area contributed by atoms with E-state index in [0.717, 1.165) is 10.9 Å². The van der Waals surface area contributed by atoms with Crippen LogP contribution in [0.3, 0.4) is 0 Å². The Morgan fingerprint density at radius 3 is 1.29 bits per heavy atom. The molecule has 0 amide bonds. The average Bonchev–Trinajstić information content (AvgIpc) is 2.21. The summed E-state index contributed by atoms with van der Waals surface area (Å²) in [6.45, 7) is 0. The lowest BCUT2D eigenvalue weighted by Crippen LogP contribution is -1.91. The summed E-state index contributed by atoms with van der Waals surface area (Å²) in [6.07, 6.45) is 3.53. The van der Waals surface area contributed by atoms with E-state index in [9.17, 15) is 0 Å². The van der Waals surface area contributed by atoms with Gasteiger partial charge < -0.3 is 0 Å². The Morgan fingerprint density at radius 2 is 1.14 bits per heavy atom. The minimum absolute atomic E-state index is 0.988. The van der Waals surface area contributed by atoms with Crippen LogP contribution in [0.5, 0.6) is 0 Å². The number of rotatable bonds is 0. The van der Waals surface area contributed by atoms with Crippen LogP contribution >= 0.6 is 18.5 Å². The topological polar surface area (TPSA) is 25.8 Å². The van der Waals surface area contributed by atoms with Crippen LogP contribution in [0.15, 0.2) is 48.8 Å². The summed E-state index contributed by atoms with van der Waals surface area (Å²) in [5.74, 6) is 0. The van der Waals surface area contributed by atoms with Crippen molar-refractivity contribution in [3.63, 3.8) is 0 Å². The summed E-state index contributed by atoms with van der Waals surface area (Å²) in [5, 5.41) is 0. The minimum atomic E-state index is 0.988. The maximum Gasteiger partial charge on any atom is 0.0569 e. The molecule has 0 N–H and O–H groups in total. The van der Waals surface area contributed by atoms with E-state index in [-0.39, 0.29) is 0 Å². The summed E-state index contributed by atoms with van der Waals surface area (Å²) in [6, 6.07) is 11.6. The predicted octanol–water partition coefficient (Wildman–Crippen LogP) is 1.16. The van der Waals surface area contributed by atoms with Gasteiger partial charge in [-0.15, -0.1) is 0 Å². The molecule has 72 valence electrons. The van der Waals surface area contributed by atoms with E-state index >= 15 is 0 Å². The van der Waals surface area contributed by atoms with Crippen molar-refractivity contribution in [1.82, 2.24) is 9.97 Å². The summed E-state index contributed by atoms with van der Waals surface area (Å²) in [5.41, 5.74) is 1.98. The monoisotopic (exact) mass is 222 g/mol. The Balaban J connectivity index is 0.000000140. The average molecular weight is 222 g/mol. The smallest absolute Gasteiger partial charge is 0.0569 e. The lowest BCUT2D eigenvalue weighted by atomic mass is 10.5. The molecular weight excluding hydrogens is 210 g/mol. The SMILES string of the molecule is Pc1ccccn1.Pc1ccccn1. The molecule has 0 saturated carbocycles. The van der Waals surface area contributed by atoms with Gasteiger partial charge in [0, 0.05) is 12.4 Å². The fourth-order valence-electron chi connectivity index (χ4n) is 0.752. The van der Waals surface area contributed by atoms with Crippen LogP contribution in [0, 0.1) is 0 Å². The molecular formula is C10H12N2P2. The van der Waals surface area contributed by atoms with E-state index in [4.69, 9.17) is 0 Å². The maximum atomic E-state index is 3.94. The fourth-order valence-corrected chi connectivity index (χ4v) is 1.15. The molecule has 0 aliphatic carbocycles. The highest BCUT2D eigenvalue weighted by atomic mass is 31.0. The van der Waals surface area contributed by atoms with Gasteiger partial charge in [-0.3, -0.25) is 9.97 Å². The molecule has 2 aromatic rings. The standard InChI is InChI=1S/2C5H6NP/c2*7-5-3-1-2-4-6-5/h2*1-4H,7H2. The number of nitrogens with zero attached hydrogens (tertiary/aromatic N) is 2. The van der Waals surface area contributed by atoms with Gasteiger partial charge >= 0.3 is 0 Å². The molecule has 0 aromatic carbocycles. The lowest BCUT2D eigenvalue weighted by Gasteiger charge is -1.82. The second-order valence-corrected chi connectivity index (χ2v) is 3.69. The zero-order valence-corrected chi connectivity index (χ0v) is 9.98. The van der Waals surface area contributed by atoms with Gasteiger partial charge in [0.2, 0.25) is 0 Å². The van der Waals surface area contributed by atoms with Crippen molar-refractivity contribution >= 4 is 29.3 Å². The number of aromatic nitrogens is 2. The molecule has 0 fully saturated rings. The second-order valence-electron chi connectivity index (χ2n) is 2.51. The number of hydrogen-bond acceptors (Lipinski definition) is 2. The van der Waals surface area contributed by atoms with Gasteiger partial charge in [0.05, 0.1) is 10.9 Å². The molecule has 2 unspecified atom stereocenters. The van der Waals surface area contributed by atoms with Crippen LogP contribution in [-0.4, -0.2) is 9.97 Å². The molecule has 4 heteroatoms. The van der Waals surface area contributed by atoms with Crippen molar-refractivity contribution < 1.29 is 0 Å². The molecule has 2 rings (SSSR count). The third-order valence-electron chi connectivity index (χ3n) is 1.38. The highest BCUT2D eigenvalue weighted by Crippen LogP contribution is 1.81. The zero-order valence-electron chi connectivity index (χ0n) is 7.67. The van der Waals surface area contributed by atoms with Crippen molar-refractivity contribution in [2.75, 3.05) is 0 Å². The van der Waals surface area contributed by atoms with Crippen molar-refractivity contribution in [1.29, 1.82) is 0 Å². The highest BCUT2D eigenvalue weighted by Gasteiger charge is 1.74. The molecule has 0 radical (unpaired) electrons. The summed E-state index contributed by atoms with van der Waals surface area (Å²) in [4.78, 5) is 7.88. The van der Waals surface area contributed by atoms with Crippen molar-refractivity contribution in [2.24, 2.45) is 0 Å². The predicted molar refractivity (Wildman–Crippen MR) is 67.2 cm³/mol. The Bertz CT molecular complexity index is 314. The molecule has 0 saturated heterocycles. The van der Waals surface area contributed by atoms with Gasteiger partial charge in [-0.25, -0.2) is 0 Å². The summed E-state index contributed by atoms with van der Waals surface area (Å²) < 4.78 is 0. The van der Waals surface area contributed by atoms with Crippen molar-refractivity contribution in [3.05, 3.63) is 48.8 Å². The molecule has 2 nitrogen and oxygen atoms in total. The Kier molecular flexibility index (Phi) is 5.29. The first kappa shape index (κ1) is 11.2. The van der Waals surface area contributed by atoms with Crippen LogP contribution in [0.2, 0.25) is 0 Å². The molecule has 2 heterocycles. The fraction of sp³-hybridized carbons (Fsp3) is 0. The van der Waals surface area contributed by atoms with Crippen LogP contribution in [0.4, 0.5) is 0 Å². The Hall–Kier alpha value is -0.840. The van der Waals surface area contributed by atoms with Crippen molar-refractivity contribution in [3.8, 4) is 0 Å². The van der Waals surface area contributed by atoms with E-state index in [1.54, 1.807) is 12.4 Å². The number of hydrogen-bond donors (Lipinski definition) is 0. The maximum absolute atomic E-state index is 3.94. The molecule has 0 spiro atoms. The van der Waals surface area contributed by atoms with E-state index in [1.165, 1.54) is 0 Å². The molecule has 2 aromatic heterocycles. The van der Waals surface area contributed by atoms with Gasteiger partial charge in [-0.1, -0.05) is 30.6 Å². The van der Waals surface area contributed by atoms with Crippen LogP contribution < -0.4 is 10.9 Å². The first-order valence-electron chi connectivity index (χ1n) is 4.12. The highest BCUT2D eigenvalue weighted by molar-refractivity contribution is 7.27. The third-order valence-corrected chi connectivity index (χ3v) is 2.06. The third kappa shape index (κ3) is 5.01. The number of pyridine rings is 2. The van der Waals surface area contributed by atoms with Crippen LogP contribution in [-0.2, 0) is 0 Å². The molecule has 0 aliphatic rings. The van der Waals surface area contributed by atoms with E-state index < -0.39 is 0 Å². The zero-order chi connectivity index (χ0) is 10.2. The van der Waals surface area contributed by atoms with Gasteiger partial charge in [-0.2, -0.15) is 0 Å². The molecule has 0 aliphatic heterocycles. The summed E-state index contributed by atoms with van der Waals surface area (Å²) in [7, 11) is 5.04. The molecule has 2 atom stereocenters. The Labute approximate surface area is 88.6 Å². The second kappa shape index (κ2) is 6.59. The van der Waals surface area contributed by atoms with Gasteiger partial charge in [0.25, 0.3) is 0 Å². The first-order valence-corrected chi connectivity index (χ1v) is 5.27. The van der Waals surface area contributed by atoms with E-state index in [1.807, 2.05) is 36.4 Å². The quantitative estimate of drug-likeness (QED) is 0.625. The largest absolute Gasteiger partial charge is 0.257 e. The minimum Gasteiger partial charge on any atom is -0.257 e. The van der Waals surface area contributed by atoms with E-state index in [2.05, 4.69) is 28.4 Å². The van der Waals surface area contributed by atoms with Gasteiger partial charge in [0.15, 0.2) is 0 Å². The van der Waals surface area contributed by atoms with E-state index in [0.29, 0.717) is 0 Å². The first-order chi connectivity index (χ1) is 6.79.